The van der Waals surface area contributed by atoms with E-state index in [1.54, 1.807) is 42.3 Å². The Morgan fingerprint density at radius 1 is 0.420 bits per heavy atom. The van der Waals surface area contributed by atoms with Crippen molar-refractivity contribution in [1.29, 1.82) is 0 Å². The summed E-state index contributed by atoms with van der Waals surface area (Å²) in [6.45, 7) is 6.33. The molecule has 4 amide bonds. The summed E-state index contributed by atoms with van der Waals surface area (Å²) in [6, 6.07) is 35.0. The van der Waals surface area contributed by atoms with Gasteiger partial charge in [0.25, 0.3) is 17.7 Å². The lowest BCUT2D eigenvalue weighted by molar-refractivity contribution is 0.0426. The number of ether oxygens (including phenoxy) is 6. The Hall–Kier alpha value is -7.61. The lowest BCUT2D eigenvalue weighted by atomic mass is 10.2. The standard InChI is InChI=1S/C58H60N8O11S4/c1-58(2,3)77-57(71)66-44(32-76-28-40-23-15-8-16-24-40)55-64-47(35-80-55)51(69)60-42(30-74-26-38-19-11-6-12-20-38)53-62-45(33-78-53)49(67)59-41(29-73-25-37-17-9-5-10-18-37)52-63-46(34-79-52)50(68)61-43(31-75-27-39-21-13-7-14-22-39)54-65-48(36-81-54)56(70)72-4/h5-24,33-36,41-44H,25-32H2,1-4H3,(H,59,67)(H,60,69)(H,61,68)(H,66,71). The quantitative estimate of drug-likeness (QED) is 0.0334. The zero-order valence-electron chi connectivity index (χ0n) is 44.7. The molecule has 4 N–H and O–H groups in total. The second-order valence-electron chi connectivity index (χ2n) is 19.1. The molecule has 0 saturated heterocycles. The Kier molecular flexibility index (Phi) is 21.8. The number of hydrogen-bond acceptors (Lipinski definition) is 19. The summed E-state index contributed by atoms with van der Waals surface area (Å²) in [7, 11) is 1.26. The van der Waals surface area contributed by atoms with Gasteiger partial charge in [-0.25, -0.2) is 29.5 Å². The van der Waals surface area contributed by atoms with Gasteiger partial charge in [-0.15, -0.1) is 45.3 Å². The number of methoxy groups -OCH3 is 1. The van der Waals surface area contributed by atoms with Crippen molar-refractivity contribution < 1.29 is 52.4 Å². The molecule has 4 unspecified atom stereocenters. The van der Waals surface area contributed by atoms with Crippen LogP contribution in [0.3, 0.4) is 0 Å². The Morgan fingerprint density at radius 2 is 0.691 bits per heavy atom. The summed E-state index contributed by atoms with van der Waals surface area (Å²) in [4.78, 5) is 86.2. The molecule has 23 heteroatoms. The van der Waals surface area contributed by atoms with E-state index in [0.717, 1.165) is 44.9 Å². The fourth-order valence-electron chi connectivity index (χ4n) is 7.62. The SMILES string of the molecule is COC(=O)c1csc(C(COCc2ccccc2)NC(=O)c2csc(C(COCc3ccccc3)NC(=O)c3csc(C(COCc4ccccc4)NC(=O)c4csc(C(COCc5ccccc5)NC(=O)OC(C)(C)C)n4)n3)n2)n1. The first kappa shape index (κ1) is 59.5. The molecular weight excluding hydrogens is 1110 g/mol. The van der Waals surface area contributed by atoms with E-state index in [2.05, 4.69) is 36.2 Å². The van der Waals surface area contributed by atoms with Crippen molar-refractivity contribution in [3.8, 4) is 0 Å². The Balaban J connectivity index is 0.981. The summed E-state index contributed by atoms with van der Waals surface area (Å²) in [6.07, 6.45) is -0.669. The zero-order chi connectivity index (χ0) is 57.0. The molecule has 81 heavy (non-hydrogen) atoms. The van der Waals surface area contributed by atoms with E-state index in [1.165, 1.54) is 29.8 Å². The van der Waals surface area contributed by atoms with Crippen LogP contribution in [-0.2, 0) is 54.8 Å². The predicted molar refractivity (Wildman–Crippen MR) is 307 cm³/mol. The minimum absolute atomic E-state index is 0.0166. The van der Waals surface area contributed by atoms with Gasteiger partial charge in [-0.2, -0.15) is 0 Å². The second kappa shape index (κ2) is 29.7. The van der Waals surface area contributed by atoms with E-state index in [1.807, 2.05) is 121 Å². The molecule has 4 atom stereocenters. The van der Waals surface area contributed by atoms with Crippen LogP contribution in [-0.4, -0.2) is 88.9 Å². The Labute approximate surface area is 484 Å². The van der Waals surface area contributed by atoms with E-state index in [0.29, 0.717) is 20.0 Å². The van der Waals surface area contributed by atoms with Crippen LogP contribution in [0.4, 0.5) is 4.79 Å². The highest BCUT2D eigenvalue weighted by atomic mass is 32.1. The monoisotopic (exact) mass is 1170 g/mol. The number of thiazole rings is 4. The number of esters is 1. The lowest BCUT2D eigenvalue weighted by Gasteiger charge is -2.23. The molecule has 0 aliphatic carbocycles. The third-order valence-corrected chi connectivity index (χ3v) is 15.4. The van der Waals surface area contributed by atoms with Crippen molar-refractivity contribution in [3.63, 3.8) is 0 Å². The normalized spacial score (nSPS) is 12.8. The summed E-state index contributed by atoms with van der Waals surface area (Å²) in [5, 5.41) is 19.7. The summed E-state index contributed by atoms with van der Waals surface area (Å²) in [5.41, 5.74) is 3.23. The molecule has 422 valence electrons. The summed E-state index contributed by atoms with van der Waals surface area (Å²) in [5.74, 6) is -2.26. The number of nitrogens with zero attached hydrogens (tertiary/aromatic N) is 4. The molecule has 0 saturated carbocycles. The minimum atomic E-state index is -0.842. The molecule has 0 aliphatic heterocycles. The smallest absolute Gasteiger partial charge is 0.408 e. The number of carbonyl (C=O) groups is 5. The van der Waals surface area contributed by atoms with Gasteiger partial charge in [-0.3, -0.25) is 14.4 Å². The minimum Gasteiger partial charge on any atom is -0.464 e. The third kappa shape index (κ3) is 18.5. The van der Waals surface area contributed by atoms with Crippen LogP contribution in [0.5, 0.6) is 0 Å². The zero-order valence-corrected chi connectivity index (χ0v) is 48.0. The highest BCUT2D eigenvalue weighted by molar-refractivity contribution is 7.10. The van der Waals surface area contributed by atoms with Crippen molar-refractivity contribution in [1.82, 2.24) is 41.2 Å². The van der Waals surface area contributed by atoms with Gasteiger partial charge in [-0.1, -0.05) is 121 Å². The molecule has 19 nitrogen and oxygen atoms in total. The maximum Gasteiger partial charge on any atom is 0.408 e. The van der Waals surface area contributed by atoms with Crippen LogP contribution in [0.1, 0.15) is 129 Å². The molecule has 4 aromatic heterocycles. The van der Waals surface area contributed by atoms with Crippen LogP contribution in [0.15, 0.2) is 143 Å². The topological polar surface area (TPSA) is 240 Å². The molecule has 0 spiro atoms. The van der Waals surface area contributed by atoms with E-state index >= 15 is 0 Å². The number of nitrogens with one attached hydrogen (secondary N) is 4. The average Bonchev–Trinajstić information content (AvgIpc) is 4.46. The number of benzene rings is 4. The lowest BCUT2D eigenvalue weighted by Crippen LogP contribution is -2.36. The molecule has 0 bridgehead atoms. The van der Waals surface area contributed by atoms with Gasteiger partial charge in [0.1, 0.15) is 66.9 Å². The van der Waals surface area contributed by atoms with Gasteiger partial charge < -0.3 is 49.7 Å². The third-order valence-electron chi connectivity index (χ3n) is 11.6. The van der Waals surface area contributed by atoms with Crippen LogP contribution in [0.25, 0.3) is 0 Å². The van der Waals surface area contributed by atoms with E-state index in [9.17, 15) is 24.0 Å². The van der Waals surface area contributed by atoms with Gasteiger partial charge >= 0.3 is 12.1 Å². The highest BCUT2D eigenvalue weighted by Gasteiger charge is 2.29. The van der Waals surface area contributed by atoms with Gasteiger partial charge in [0.15, 0.2) is 5.69 Å². The first-order chi connectivity index (χ1) is 39.3. The van der Waals surface area contributed by atoms with Crippen molar-refractivity contribution in [3.05, 3.63) is 208 Å². The largest absolute Gasteiger partial charge is 0.464 e. The molecule has 0 radical (unpaired) electrons. The number of amides is 4. The van der Waals surface area contributed by atoms with Crippen LogP contribution in [0, 0.1) is 0 Å². The van der Waals surface area contributed by atoms with Crippen molar-refractivity contribution in [2.45, 2.75) is 77.0 Å². The van der Waals surface area contributed by atoms with E-state index in [-0.39, 0.29) is 75.6 Å². The average molecular weight is 1170 g/mol. The van der Waals surface area contributed by atoms with Crippen molar-refractivity contribution >= 4 is 75.1 Å². The Bertz CT molecular complexity index is 3280. The first-order valence-corrected chi connectivity index (χ1v) is 29.1. The van der Waals surface area contributed by atoms with Crippen LogP contribution in [0.2, 0.25) is 0 Å². The fourth-order valence-corrected chi connectivity index (χ4v) is 10.9. The molecule has 8 aromatic rings. The number of alkyl carbamates (subject to hydrolysis) is 1. The van der Waals surface area contributed by atoms with Gasteiger partial charge in [-0.05, 0) is 43.0 Å². The molecular formula is C58H60N8O11S4. The highest BCUT2D eigenvalue weighted by Crippen LogP contribution is 2.27. The Morgan fingerprint density at radius 3 is 0.975 bits per heavy atom. The van der Waals surface area contributed by atoms with Crippen molar-refractivity contribution in [2.24, 2.45) is 0 Å². The number of hydrogen-bond donors (Lipinski definition) is 4. The molecule has 0 fully saturated rings. The second-order valence-corrected chi connectivity index (χ2v) is 22.6. The maximum absolute atomic E-state index is 14.3. The van der Waals surface area contributed by atoms with Gasteiger partial charge in [0.05, 0.1) is 60.0 Å². The van der Waals surface area contributed by atoms with Crippen LogP contribution < -0.4 is 21.3 Å². The predicted octanol–water partition coefficient (Wildman–Crippen LogP) is 10.1. The first-order valence-electron chi connectivity index (χ1n) is 25.6. The molecule has 0 aliphatic rings. The maximum atomic E-state index is 14.3. The van der Waals surface area contributed by atoms with Crippen LogP contribution >= 0.6 is 45.3 Å². The summed E-state index contributed by atoms with van der Waals surface area (Å²) >= 11 is 4.67. The van der Waals surface area contributed by atoms with E-state index in [4.69, 9.17) is 33.4 Å². The fraction of sp³-hybridized carbons (Fsp3) is 0.293. The van der Waals surface area contributed by atoms with Gasteiger partial charge in [0.2, 0.25) is 0 Å². The molecule has 4 heterocycles. The van der Waals surface area contributed by atoms with Crippen molar-refractivity contribution in [2.75, 3.05) is 33.5 Å². The summed E-state index contributed by atoms with van der Waals surface area (Å²) < 4.78 is 34.7. The number of rotatable bonds is 28. The van der Waals surface area contributed by atoms with E-state index < -0.39 is 59.6 Å². The number of carbonyl (C=O) groups excluding carboxylic acids is 5. The molecule has 4 aromatic carbocycles. The number of aromatic nitrogens is 4. The van der Waals surface area contributed by atoms with Gasteiger partial charge in [0, 0.05) is 21.5 Å². The molecule has 8 rings (SSSR count).